The van der Waals surface area contributed by atoms with Crippen LogP contribution in [-0.2, 0) is 14.8 Å². The zero-order valence-electron chi connectivity index (χ0n) is 12.8. The summed E-state index contributed by atoms with van der Waals surface area (Å²) in [6.07, 6.45) is 0. The van der Waals surface area contributed by atoms with Gasteiger partial charge in [0.2, 0.25) is 10.0 Å². The Morgan fingerprint density at radius 2 is 1.81 bits per heavy atom. The van der Waals surface area contributed by atoms with Gasteiger partial charge < -0.3 is 15.2 Å². The Labute approximate surface area is 126 Å². The van der Waals surface area contributed by atoms with Crippen LogP contribution in [0.5, 0.6) is 5.75 Å². The van der Waals surface area contributed by atoms with Crippen LogP contribution in [0.2, 0.25) is 0 Å². The highest BCUT2D eigenvalue weighted by molar-refractivity contribution is 7.89. The van der Waals surface area contributed by atoms with Crippen LogP contribution < -0.4 is 15.2 Å². The van der Waals surface area contributed by atoms with Crippen molar-refractivity contribution in [3.63, 3.8) is 0 Å². The fraction of sp³-hybridized carbons (Fsp3) is 0.571. The number of nitrogens with two attached hydrogens (primary N) is 1. The maximum absolute atomic E-state index is 12.1. The lowest BCUT2D eigenvalue weighted by Crippen LogP contribution is -2.45. The third-order valence-electron chi connectivity index (χ3n) is 2.55. The molecule has 0 radical (unpaired) electrons. The number of ether oxygens (including phenoxy) is 2. The maximum atomic E-state index is 12.1. The van der Waals surface area contributed by atoms with E-state index in [2.05, 4.69) is 4.72 Å². The Bertz CT molecular complexity index is 521. The van der Waals surface area contributed by atoms with Gasteiger partial charge in [0.1, 0.15) is 12.4 Å². The molecule has 0 saturated carbocycles. The molecule has 0 aliphatic rings. The summed E-state index contributed by atoms with van der Waals surface area (Å²) in [6, 6.07) is 6.24. The van der Waals surface area contributed by atoms with Crippen molar-refractivity contribution in [1.29, 1.82) is 0 Å². The molecule has 0 amide bonds. The van der Waals surface area contributed by atoms with Gasteiger partial charge in [0.25, 0.3) is 0 Å². The zero-order valence-corrected chi connectivity index (χ0v) is 13.6. The fourth-order valence-corrected chi connectivity index (χ4v) is 2.67. The molecule has 0 spiro atoms. The highest BCUT2D eigenvalue weighted by atomic mass is 32.2. The van der Waals surface area contributed by atoms with E-state index in [1.165, 1.54) is 12.1 Å². The van der Waals surface area contributed by atoms with E-state index in [9.17, 15) is 8.42 Å². The summed E-state index contributed by atoms with van der Waals surface area (Å²) in [4.78, 5) is 0.184. The summed E-state index contributed by atoms with van der Waals surface area (Å²) in [5, 5.41) is 0. The predicted molar refractivity (Wildman–Crippen MR) is 81.9 cm³/mol. The van der Waals surface area contributed by atoms with Crippen LogP contribution in [0.1, 0.15) is 20.8 Å². The van der Waals surface area contributed by atoms with E-state index in [0.717, 1.165) is 0 Å². The van der Waals surface area contributed by atoms with E-state index in [4.69, 9.17) is 15.2 Å². The van der Waals surface area contributed by atoms with Crippen molar-refractivity contribution >= 4 is 10.0 Å². The average molecular weight is 316 g/mol. The highest BCUT2D eigenvalue weighted by Gasteiger charge is 2.18. The SMILES string of the molecule is CCOCCOc1ccc(S(=O)(=O)NCC(C)(C)N)cc1. The van der Waals surface area contributed by atoms with Gasteiger partial charge in [-0.15, -0.1) is 0 Å². The highest BCUT2D eigenvalue weighted by Crippen LogP contribution is 2.16. The molecule has 6 nitrogen and oxygen atoms in total. The fourth-order valence-electron chi connectivity index (χ4n) is 1.44. The van der Waals surface area contributed by atoms with Crippen molar-refractivity contribution in [3.05, 3.63) is 24.3 Å². The standard InChI is InChI=1S/C14H24N2O4S/c1-4-19-9-10-20-12-5-7-13(8-6-12)21(17,18)16-11-14(2,3)15/h5-8,16H,4,9-11,15H2,1-3H3. The largest absolute Gasteiger partial charge is 0.491 e. The normalized spacial score (nSPS) is 12.4. The molecule has 1 aromatic carbocycles. The topological polar surface area (TPSA) is 90.6 Å². The van der Waals surface area contributed by atoms with Crippen molar-refractivity contribution in [2.24, 2.45) is 5.73 Å². The van der Waals surface area contributed by atoms with Crippen molar-refractivity contribution in [2.45, 2.75) is 31.2 Å². The van der Waals surface area contributed by atoms with Crippen LogP contribution in [0.25, 0.3) is 0 Å². The minimum atomic E-state index is -3.55. The van der Waals surface area contributed by atoms with Gasteiger partial charge in [-0.1, -0.05) is 0 Å². The van der Waals surface area contributed by atoms with E-state index < -0.39 is 15.6 Å². The summed E-state index contributed by atoms with van der Waals surface area (Å²) in [6.45, 7) is 7.17. The predicted octanol–water partition coefficient (Wildman–Crippen LogP) is 1.12. The molecule has 21 heavy (non-hydrogen) atoms. The second-order valence-corrected chi connectivity index (χ2v) is 7.10. The molecule has 0 unspecified atom stereocenters. The molecule has 0 saturated heterocycles. The Hall–Kier alpha value is -1.15. The maximum Gasteiger partial charge on any atom is 0.240 e. The van der Waals surface area contributed by atoms with Crippen LogP contribution in [0.3, 0.4) is 0 Å². The lowest BCUT2D eigenvalue weighted by molar-refractivity contribution is 0.110. The third-order valence-corrected chi connectivity index (χ3v) is 3.97. The van der Waals surface area contributed by atoms with E-state index in [0.29, 0.717) is 25.6 Å². The van der Waals surface area contributed by atoms with Gasteiger partial charge in [-0.25, -0.2) is 13.1 Å². The lowest BCUT2D eigenvalue weighted by atomic mass is 10.1. The van der Waals surface area contributed by atoms with Crippen LogP contribution in [-0.4, -0.2) is 40.3 Å². The quantitative estimate of drug-likeness (QED) is 0.666. The molecule has 0 fully saturated rings. The van der Waals surface area contributed by atoms with E-state index >= 15 is 0 Å². The summed E-state index contributed by atoms with van der Waals surface area (Å²) < 4.78 is 37.2. The van der Waals surface area contributed by atoms with Crippen molar-refractivity contribution in [3.8, 4) is 5.75 Å². The van der Waals surface area contributed by atoms with Gasteiger partial charge in [-0.2, -0.15) is 0 Å². The molecule has 0 heterocycles. The van der Waals surface area contributed by atoms with E-state index in [-0.39, 0.29) is 11.4 Å². The van der Waals surface area contributed by atoms with Crippen LogP contribution in [0.4, 0.5) is 0 Å². The van der Waals surface area contributed by atoms with Gasteiger partial charge in [0.05, 0.1) is 11.5 Å². The van der Waals surface area contributed by atoms with E-state index in [1.54, 1.807) is 26.0 Å². The molecule has 3 N–H and O–H groups in total. The molecule has 0 atom stereocenters. The molecule has 7 heteroatoms. The Morgan fingerprint density at radius 1 is 1.19 bits per heavy atom. The summed E-state index contributed by atoms with van der Waals surface area (Å²) in [5.41, 5.74) is 5.16. The van der Waals surface area contributed by atoms with Gasteiger partial charge in [-0.3, -0.25) is 0 Å². The molecule has 0 aromatic heterocycles. The number of nitrogens with one attached hydrogen (secondary N) is 1. The Balaban J connectivity index is 2.60. The molecule has 1 aromatic rings. The number of rotatable bonds is 9. The zero-order chi connectivity index (χ0) is 15.9. The minimum Gasteiger partial charge on any atom is -0.491 e. The molecular weight excluding hydrogens is 292 g/mol. The number of hydrogen-bond donors (Lipinski definition) is 2. The van der Waals surface area contributed by atoms with Crippen LogP contribution in [0.15, 0.2) is 29.2 Å². The molecule has 0 bridgehead atoms. The number of benzene rings is 1. The number of sulfonamides is 1. The van der Waals surface area contributed by atoms with Gasteiger partial charge >= 0.3 is 0 Å². The average Bonchev–Trinajstić information content (AvgIpc) is 2.41. The second-order valence-electron chi connectivity index (χ2n) is 5.33. The van der Waals surface area contributed by atoms with Gasteiger partial charge in [0, 0.05) is 18.7 Å². The first-order valence-corrected chi connectivity index (χ1v) is 8.32. The summed E-state index contributed by atoms with van der Waals surface area (Å²) in [5.74, 6) is 0.604. The van der Waals surface area contributed by atoms with E-state index in [1.807, 2.05) is 6.92 Å². The first-order valence-electron chi connectivity index (χ1n) is 6.84. The summed E-state index contributed by atoms with van der Waals surface area (Å²) >= 11 is 0. The monoisotopic (exact) mass is 316 g/mol. The Kier molecular flexibility index (Phi) is 6.60. The van der Waals surface area contributed by atoms with Crippen LogP contribution >= 0.6 is 0 Å². The second kappa shape index (κ2) is 7.74. The minimum absolute atomic E-state index is 0.169. The first kappa shape index (κ1) is 17.9. The smallest absolute Gasteiger partial charge is 0.240 e. The molecular formula is C14H24N2O4S. The van der Waals surface area contributed by atoms with Crippen LogP contribution in [0, 0.1) is 0 Å². The Morgan fingerprint density at radius 3 is 2.33 bits per heavy atom. The molecule has 1 rings (SSSR count). The summed E-state index contributed by atoms with van der Waals surface area (Å²) in [7, 11) is -3.55. The lowest BCUT2D eigenvalue weighted by Gasteiger charge is -2.19. The van der Waals surface area contributed by atoms with Crippen molar-refractivity contribution in [1.82, 2.24) is 4.72 Å². The van der Waals surface area contributed by atoms with Gasteiger partial charge in [-0.05, 0) is 45.0 Å². The molecule has 0 aliphatic heterocycles. The van der Waals surface area contributed by atoms with Crippen molar-refractivity contribution in [2.75, 3.05) is 26.4 Å². The molecule has 120 valence electrons. The molecule has 0 aliphatic carbocycles. The van der Waals surface area contributed by atoms with Gasteiger partial charge in [0.15, 0.2) is 0 Å². The first-order chi connectivity index (χ1) is 9.74. The number of hydrogen-bond acceptors (Lipinski definition) is 5. The third kappa shape index (κ3) is 6.90. The van der Waals surface area contributed by atoms with Crippen molar-refractivity contribution < 1.29 is 17.9 Å².